The van der Waals surface area contributed by atoms with E-state index in [0.29, 0.717) is 12.2 Å². The maximum atomic E-state index is 13.8. The van der Waals surface area contributed by atoms with E-state index in [1.165, 1.54) is 12.1 Å². The summed E-state index contributed by atoms with van der Waals surface area (Å²) < 4.78 is 19.0. The van der Waals surface area contributed by atoms with Crippen LogP contribution in [0, 0.1) is 5.82 Å². The van der Waals surface area contributed by atoms with E-state index in [-0.39, 0.29) is 11.5 Å². The number of H-pyrrole nitrogens is 1. The van der Waals surface area contributed by atoms with Gasteiger partial charge in [-0.15, -0.1) is 10.2 Å². The van der Waals surface area contributed by atoms with Crippen molar-refractivity contribution in [2.45, 2.75) is 12.3 Å². The number of rotatable bonds is 6. The minimum Gasteiger partial charge on any atom is -0.497 e. The first-order valence-electron chi connectivity index (χ1n) is 7.59. The van der Waals surface area contributed by atoms with Crippen molar-refractivity contribution in [3.8, 4) is 5.75 Å². The van der Waals surface area contributed by atoms with Crippen molar-refractivity contribution >= 4 is 11.6 Å². The smallest absolute Gasteiger partial charge is 0.235 e. The standard InChI is InChI=1S/C17H16FN5O2/c1-25-12-6-4-5-11(9-12)10-13(16-20-22-23-21-16)17(24)19-15-8-3-2-7-14(15)18/h2-9,13H,10H2,1H3,(H,19,24)(H,20,21,22,23)/t13-/m0/s1. The molecule has 8 heteroatoms. The molecule has 0 radical (unpaired) electrons. The van der Waals surface area contributed by atoms with Gasteiger partial charge in [0.1, 0.15) is 17.5 Å². The van der Waals surface area contributed by atoms with Crippen molar-refractivity contribution in [1.82, 2.24) is 20.6 Å². The molecule has 0 saturated heterocycles. The molecule has 25 heavy (non-hydrogen) atoms. The van der Waals surface area contributed by atoms with E-state index in [4.69, 9.17) is 4.74 Å². The summed E-state index contributed by atoms with van der Waals surface area (Å²) in [6, 6.07) is 13.3. The number of nitrogens with zero attached hydrogens (tertiary/aromatic N) is 3. The number of benzene rings is 2. The van der Waals surface area contributed by atoms with Gasteiger partial charge >= 0.3 is 0 Å². The first-order valence-corrected chi connectivity index (χ1v) is 7.59. The number of amides is 1. The van der Waals surface area contributed by atoms with Gasteiger partial charge in [0, 0.05) is 0 Å². The second-order valence-corrected chi connectivity index (χ2v) is 5.35. The molecule has 0 aliphatic heterocycles. The molecule has 2 aromatic carbocycles. The molecule has 0 bridgehead atoms. The molecule has 1 atom stereocenters. The van der Waals surface area contributed by atoms with Crippen LogP contribution < -0.4 is 10.1 Å². The Kier molecular flexibility index (Phi) is 4.98. The minimum atomic E-state index is -0.731. The molecule has 0 saturated carbocycles. The summed E-state index contributed by atoms with van der Waals surface area (Å²) in [5, 5.41) is 16.2. The summed E-state index contributed by atoms with van der Waals surface area (Å²) in [5.74, 6) is -0.751. The topological polar surface area (TPSA) is 92.8 Å². The van der Waals surface area contributed by atoms with E-state index in [0.717, 1.165) is 5.56 Å². The van der Waals surface area contributed by atoms with Gasteiger partial charge in [0.15, 0.2) is 5.82 Å². The van der Waals surface area contributed by atoms with Crippen LogP contribution in [0.4, 0.5) is 10.1 Å². The molecule has 0 aliphatic carbocycles. The fourth-order valence-electron chi connectivity index (χ4n) is 2.44. The summed E-state index contributed by atoms with van der Waals surface area (Å²) in [6.45, 7) is 0. The average Bonchev–Trinajstić information content (AvgIpc) is 3.16. The molecule has 3 rings (SSSR count). The zero-order valence-corrected chi connectivity index (χ0v) is 13.4. The Morgan fingerprint density at radius 1 is 1.28 bits per heavy atom. The van der Waals surface area contributed by atoms with Gasteiger partial charge in [0.25, 0.3) is 0 Å². The third-order valence-electron chi connectivity index (χ3n) is 3.70. The molecule has 1 heterocycles. The van der Waals surface area contributed by atoms with Crippen LogP contribution in [-0.2, 0) is 11.2 Å². The molecule has 0 fully saturated rings. The van der Waals surface area contributed by atoms with Crippen molar-refractivity contribution in [3.63, 3.8) is 0 Å². The molecule has 7 nitrogen and oxygen atoms in total. The van der Waals surface area contributed by atoms with Gasteiger partial charge in [-0.05, 0) is 36.2 Å². The molecule has 0 aliphatic rings. The van der Waals surface area contributed by atoms with Crippen LogP contribution in [-0.4, -0.2) is 33.6 Å². The van der Waals surface area contributed by atoms with Crippen molar-refractivity contribution in [2.75, 3.05) is 12.4 Å². The summed E-state index contributed by atoms with van der Waals surface area (Å²) >= 11 is 0. The predicted molar refractivity (Wildman–Crippen MR) is 88.6 cm³/mol. The highest BCUT2D eigenvalue weighted by atomic mass is 19.1. The van der Waals surface area contributed by atoms with Crippen LogP contribution in [0.25, 0.3) is 0 Å². The third kappa shape index (κ3) is 3.97. The fourth-order valence-corrected chi connectivity index (χ4v) is 2.44. The predicted octanol–water partition coefficient (Wildman–Crippen LogP) is 2.31. The van der Waals surface area contributed by atoms with Crippen LogP contribution >= 0.6 is 0 Å². The number of halogens is 1. The quantitative estimate of drug-likeness (QED) is 0.718. The lowest BCUT2D eigenvalue weighted by Gasteiger charge is -2.14. The highest BCUT2D eigenvalue weighted by Gasteiger charge is 2.26. The Balaban J connectivity index is 1.85. The lowest BCUT2D eigenvalue weighted by Crippen LogP contribution is -2.24. The van der Waals surface area contributed by atoms with Crippen LogP contribution in [0.1, 0.15) is 17.3 Å². The Labute approximate surface area is 143 Å². The zero-order chi connectivity index (χ0) is 17.6. The molecule has 0 spiro atoms. The number of nitrogens with one attached hydrogen (secondary N) is 2. The largest absolute Gasteiger partial charge is 0.497 e. The Bertz CT molecular complexity index is 854. The van der Waals surface area contributed by atoms with Gasteiger partial charge in [-0.25, -0.2) is 4.39 Å². The van der Waals surface area contributed by atoms with Crippen LogP contribution in [0.15, 0.2) is 48.5 Å². The number of aromatic amines is 1. The normalized spacial score (nSPS) is 11.8. The summed E-state index contributed by atoms with van der Waals surface area (Å²) in [5.41, 5.74) is 0.962. The molecule has 1 aromatic heterocycles. The zero-order valence-electron chi connectivity index (χ0n) is 13.4. The average molecular weight is 341 g/mol. The second kappa shape index (κ2) is 7.52. The Morgan fingerprint density at radius 3 is 2.84 bits per heavy atom. The van der Waals surface area contributed by atoms with Gasteiger partial charge in [-0.2, -0.15) is 5.21 Å². The number of anilines is 1. The first-order chi connectivity index (χ1) is 12.2. The summed E-state index contributed by atoms with van der Waals surface area (Å²) in [4.78, 5) is 12.7. The van der Waals surface area contributed by atoms with E-state index in [2.05, 4.69) is 25.9 Å². The van der Waals surface area contributed by atoms with Crippen molar-refractivity contribution < 1.29 is 13.9 Å². The van der Waals surface area contributed by atoms with Crippen molar-refractivity contribution in [1.29, 1.82) is 0 Å². The third-order valence-corrected chi connectivity index (χ3v) is 3.70. The number of hydrogen-bond acceptors (Lipinski definition) is 5. The number of carbonyl (C=O) groups excluding carboxylic acids is 1. The number of ether oxygens (including phenoxy) is 1. The maximum Gasteiger partial charge on any atom is 0.235 e. The van der Waals surface area contributed by atoms with Gasteiger partial charge in [0.2, 0.25) is 5.91 Å². The molecular weight excluding hydrogens is 325 g/mol. The van der Waals surface area contributed by atoms with E-state index >= 15 is 0 Å². The minimum absolute atomic E-state index is 0.103. The number of aromatic nitrogens is 4. The van der Waals surface area contributed by atoms with E-state index in [1.54, 1.807) is 19.2 Å². The van der Waals surface area contributed by atoms with Gasteiger partial charge in [-0.3, -0.25) is 4.79 Å². The Morgan fingerprint density at radius 2 is 2.12 bits per heavy atom. The molecular formula is C17H16FN5O2. The number of para-hydroxylation sites is 1. The molecule has 3 aromatic rings. The molecule has 0 unspecified atom stereocenters. The first kappa shape index (κ1) is 16.6. The van der Waals surface area contributed by atoms with Gasteiger partial charge in [-0.1, -0.05) is 29.5 Å². The summed E-state index contributed by atoms with van der Waals surface area (Å²) in [6.07, 6.45) is 0.316. The molecule has 2 N–H and O–H groups in total. The SMILES string of the molecule is COc1cccc(C[C@H](C(=O)Nc2ccccc2F)c2nn[nH]n2)c1. The van der Waals surface area contributed by atoms with Crippen LogP contribution in [0.5, 0.6) is 5.75 Å². The molecule has 128 valence electrons. The lowest BCUT2D eigenvalue weighted by molar-refractivity contribution is -0.117. The number of carbonyl (C=O) groups is 1. The number of tetrazole rings is 1. The number of methoxy groups -OCH3 is 1. The Hall–Kier alpha value is -3.29. The highest BCUT2D eigenvalue weighted by molar-refractivity contribution is 5.95. The van der Waals surface area contributed by atoms with Crippen LogP contribution in [0.2, 0.25) is 0 Å². The lowest BCUT2D eigenvalue weighted by atomic mass is 9.97. The van der Waals surface area contributed by atoms with Crippen molar-refractivity contribution in [3.05, 3.63) is 65.7 Å². The highest BCUT2D eigenvalue weighted by Crippen LogP contribution is 2.23. The monoisotopic (exact) mass is 341 g/mol. The maximum absolute atomic E-state index is 13.8. The van der Waals surface area contributed by atoms with E-state index in [9.17, 15) is 9.18 Å². The fraction of sp³-hybridized carbons (Fsp3) is 0.176. The summed E-state index contributed by atoms with van der Waals surface area (Å²) in [7, 11) is 1.57. The van der Waals surface area contributed by atoms with Gasteiger partial charge < -0.3 is 10.1 Å². The second-order valence-electron chi connectivity index (χ2n) is 5.35. The van der Waals surface area contributed by atoms with E-state index in [1.807, 2.05) is 24.3 Å². The molecule has 1 amide bonds. The van der Waals surface area contributed by atoms with E-state index < -0.39 is 17.6 Å². The van der Waals surface area contributed by atoms with Crippen LogP contribution in [0.3, 0.4) is 0 Å². The van der Waals surface area contributed by atoms with Crippen molar-refractivity contribution in [2.24, 2.45) is 0 Å². The number of hydrogen-bond donors (Lipinski definition) is 2. The van der Waals surface area contributed by atoms with Gasteiger partial charge in [0.05, 0.1) is 12.8 Å².